The summed E-state index contributed by atoms with van der Waals surface area (Å²) in [5.41, 5.74) is 7.29. The molecule has 6 nitrogen and oxygen atoms in total. The van der Waals surface area contributed by atoms with Crippen molar-refractivity contribution in [2.24, 2.45) is 0 Å². The number of benzene rings is 1. The molecule has 0 unspecified atom stereocenters. The van der Waals surface area contributed by atoms with Crippen molar-refractivity contribution in [1.82, 2.24) is 15.0 Å². The van der Waals surface area contributed by atoms with Crippen LogP contribution in [0.15, 0.2) is 30.6 Å². The SMILES string of the molecule is CCN(CC)c1ncnc(Nc2cccc(N)c2)n1. The zero-order chi connectivity index (χ0) is 13.7. The zero-order valence-electron chi connectivity index (χ0n) is 11.2. The first kappa shape index (κ1) is 13.1. The molecule has 0 amide bonds. The van der Waals surface area contributed by atoms with Crippen LogP contribution in [0, 0.1) is 0 Å². The molecule has 2 rings (SSSR count). The first-order valence-corrected chi connectivity index (χ1v) is 6.29. The van der Waals surface area contributed by atoms with Gasteiger partial charge in [0.2, 0.25) is 11.9 Å². The molecule has 0 bridgehead atoms. The van der Waals surface area contributed by atoms with Gasteiger partial charge in [-0.2, -0.15) is 4.98 Å². The Bertz CT molecular complexity index is 538. The lowest BCUT2D eigenvalue weighted by Gasteiger charge is -2.18. The third-order valence-corrected chi connectivity index (χ3v) is 2.75. The second kappa shape index (κ2) is 5.99. The lowest BCUT2D eigenvalue weighted by atomic mass is 10.3. The number of hydrogen-bond donors (Lipinski definition) is 2. The summed E-state index contributed by atoms with van der Waals surface area (Å²) in [4.78, 5) is 14.7. The molecule has 0 aliphatic rings. The van der Waals surface area contributed by atoms with Crippen molar-refractivity contribution in [3.63, 3.8) is 0 Å². The van der Waals surface area contributed by atoms with Crippen molar-refractivity contribution in [3.05, 3.63) is 30.6 Å². The smallest absolute Gasteiger partial charge is 0.231 e. The first-order valence-electron chi connectivity index (χ1n) is 6.29. The molecule has 100 valence electrons. The maximum Gasteiger partial charge on any atom is 0.231 e. The van der Waals surface area contributed by atoms with Crippen molar-refractivity contribution in [1.29, 1.82) is 0 Å². The second-order valence-corrected chi connectivity index (χ2v) is 4.03. The van der Waals surface area contributed by atoms with Gasteiger partial charge in [-0.05, 0) is 32.0 Å². The van der Waals surface area contributed by atoms with Crippen molar-refractivity contribution < 1.29 is 0 Å². The summed E-state index contributed by atoms with van der Waals surface area (Å²) in [5, 5.41) is 3.12. The van der Waals surface area contributed by atoms with Gasteiger partial charge >= 0.3 is 0 Å². The van der Waals surface area contributed by atoms with Gasteiger partial charge in [0, 0.05) is 24.5 Å². The topological polar surface area (TPSA) is 80.0 Å². The van der Waals surface area contributed by atoms with Crippen LogP contribution in [0.5, 0.6) is 0 Å². The van der Waals surface area contributed by atoms with E-state index >= 15 is 0 Å². The zero-order valence-corrected chi connectivity index (χ0v) is 11.2. The molecule has 0 aliphatic heterocycles. The van der Waals surface area contributed by atoms with Gasteiger partial charge in [0.25, 0.3) is 0 Å². The number of nitrogens with two attached hydrogens (primary N) is 1. The van der Waals surface area contributed by atoms with Crippen LogP contribution in [-0.4, -0.2) is 28.0 Å². The molecule has 0 saturated heterocycles. The summed E-state index contributed by atoms with van der Waals surface area (Å²) in [7, 11) is 0. The van der Waals surface area contributed by atoms with Crippen LogP contribution in [0.1, 0.15) is 13.8 Å². The highest BCUT2D eigenvalue weighted by Crippen LogP contribution is 2.16. The molecule has 19 heavy (non-hydrogen) atoms. The summed E-state index contributed by atoms with van der Waals surface area (Å²) in [6.45, 7) is 5.85. The van der Waals surface area contributed by atoms with Crippen molar-refractivity contribution in [2.45, 2.75) is 13.8 Å². The van der Waals surface area contributed by atoms with E-state index in [1.54, 1.807) is 0 Å². The molecule has 2 aromatic rings. The quantitative estimate of drug-likeness (QED) is 0.799. The van der Waals surface area contributed by atoms with Gasteiger partial charge in [0.05, 0.1) is 0 Å². The number of anilines is 4. The summed E-state index contributed by atoms with van der Waals surface area (Å²) in [5.74, 6) is 1.19. The molecule has 0 radical (unpaired) electrons. The van der Waals surface area contributed by atoms with Crippen LogP contribution in [-0.2, 0) is 0 Å². The van der Waals surface area contributed by atoms with Gasteiger partial charge in [-0.15, -0.1) is 0 Å². The second-order valence-electron chi connectivity index (χ2n) is 4.03. The number of aromatic nitrogens is 3. The Kier molecular flexibility index (Phi) is 4.12. The first-order chi connectivity index (χ1) is 9.22. The van der Waals surface area contributed by atoms with Gasteiger partial charge in [-0.3, -0.25) is 0 Å². The summed E-state index contributed by atoms with van der Waals surface area (Å²) < 4.78 is 0. The fourth-order valence-electron chi connectivity index (χ4n) is 1.75. The number of nitrogens with one attached hydrogen (secondary N) is 1. The molecule has 1 aromatic heterocycles. The van der Waals surface area contributed by atoms with E-state index < -0.39 is 0 Å². The highest BCUT2D eigenvalue weighted by atomic mass is 15.3. The normalized spacial score (nSPS) is 10.2. The fraction of sp³-hybridized carbons (Fsp3) is 0.308. The summed E-state index contributed by atoms with van der Waals surface area (Å²) in [6, 6.07) is 7.46. The Hall–Kier alpha value is -2.37. The summed E-state index contributed by atoms with van der Waals surface area (Å²) in [6.07, 6.45) is 1.51. The Labute approximate surface area is 112 Å². The maximum atomic E-state index is 5.73. The van der Waals surface area contributed by atoms with Crippen molar-refractivity contribution in [2.75, 3.05) is 29.0 Å². The molecule has 1 heterocycles. The predicted octanol–water partition coefficient (Wildman–Crippen LogP) is 2.04. The van der Waals surface area contributed by atoms with E-state index in [1.165, 1.54) is 6.33 Å². The monoisotopic (exact) mass is 258 g/mol. The molecule has 0 saturated carbocycles. The van der Waals surface area contributed by atoms with Gasteiger partial charge in [0.15, 0.2) is 0 Å². The minimum absolute atomic E-state index is 0.516. The van der Waals surface area contributed by atoms with E-state index in [0.29, 0.717) is 17.6 Å². The minimum atomic E-state index is 0.516. The van der Waals surface area contributed by atoms with E-state index in [4.69, 9.17) is 5.73 Å². The highest BCUT2D eigenvalue weighted by Gasteiger charge is 2.07. The average molecular weight is 258 g/mol. The molecule has 0 atom stereocenters. The third kappa shape index (κ3) is 3.31. The Morgan fingerprint density at radius 3 is 2.68 bits per heavy atom. The van der Waals surface area contributed by atoms with E-state index in [-0.39, 0.29) is 0 Å². The van der Waals surface area contributed by atoms with Crippen molar-refractivity contribution >= 4 is 23.3 Å². The van der Waals surface area contributed by atoms with Crippen LogP contribution in [0.4, 0.5) is 23.3 Å². The molecule has 0 spiro atoms. The Morgan fingerprint density at radius 1 is 1.21 bits per heavy atom. The van der Waals surface area contributed by atoms with E-state index in [0.717, 1.165) is 18.8 Å². The fourth-order valence-corrected chi connectivity index (χ4v) is 1.75. The highest BCUT2D eigenvalue weighted by molar-refractivity contribution is 5.59. The average Bonchev–Trinajstić information content (AvgIpc) is 2.41. The number of rotatable bonds is 5. The number of nitrogen functional groups attached to an aromatic ring is 1. The number of hydrogen-bond acceptors (Lipinski definition) is 6. The number of nitrogens with zero attached hydrogens (tertiary/aromatic N) is 4. The maximum absolute atomic E-state index is 5.73. The van der Waals surface area contributed by atoms with E-state index in [1.807, 2.05) is 24.3 Å². The van der Waals surface area contributed by atoms with Crippen LogP contribution in [0.3, 0.4) is 0 Å². The van der Waals surface area contributed by atoms with Crippen LogP contribution in [0.25, 0.3) is 0 Å². The lowest BCUT2D eigenvalue weighted by Crippen LogP contribution is -2.24. The largest absolute Gasteiger partial charge is 0.399 e. The molecular formula is C13H18N6. The van der Waals surface area contributed by atoms with Crippen LogP contribution in [0.2, 0.25) is 0 Å². The minimum Gasteiger partial charge on any atom is -0.399 e. The van der Waals surface area contributed by atoms with E-state index in [2.05, 4.69) is 39.0 Å². The van der Waals surface area contributed by atoms with Crippen LogP contribution < -0.4 is 16.0 Å². The molecular weight excluding hydrogens is 240 g/mol. The van der Waals surface area contributed by atoms with E-state index in [9.17, 15) is 0 Å². The molecule has 6 heteroatoms. The predicted molar refractivity (Wildman–Crippen MR) is 77.5 cm³/mol. The Balaban J connectivity index is 2.19. The Morgan fingerprint density at radius 2 is 2.00 bits per heavy atom. The molecule has 3 N–H and O–H groups in total. The molecule has 0 fully saturated rings. The van der Waals surface area contributed by atoms with Crippen LogP contribution >= 0.6 is 0 Å². The van der Waals surface area contributed by atoms with Crippen molar-refractivity contribution in [3.8, 4) is 0 Å². The van der Waals surface area contributed by atoms with Gasteiger partial charge in [-0.25, -0.2) is 9.97 Å². The lowest BCUT2D eigenvalue weighted by molar-refractivity contribution is 0.813. The molecule has 0 aliphatic carbocycles. The van der Waals surface area contributed by atoms with Gasteiger partial charge < -0.3 is 16.0 Å². The van der Waals surface area contributed by atoms with Gasteiger partial charge in [-0.1, -0.05) is 6.07 Å². The standard InChI is InChI=1S/C13H18N6/c1-3-19(4-2)13-16-9-15-12(18-13)17-11-7-5-6-10(14)8-11/h5-9H,3-4,14H2,1-2H3,(H,15,16,17,18). The van der Waals surface area contributed by atoms with Gasteiger partial charge in [0.1, 0.15) is 6.33 Å². The summed E-state index contributed by atoms with van der Waals surface area (Å²) >= 11 is 0. The molecule has 1 aromatic carbocycles. The third-order valence-electron chi connectivity index (χ3n) is 2.75.